The summed E-state index contributed by atoms with van der Waals surface area (Å²) in [6.07, 6.45) is 1.72. The minimum Gasteiger partial charge on any atom is -0.508 e. The Kier molecular flexibility index (Phi) is 4.98. The zero-order valence-electron chi connectivity index (χ0n) is 11.5. The molecule has 4 nitrogen and oxygen atoms in total. The fraction of sp³-hybridized carbons (Fsp3) is 0.267. The van der Waals surface area contributed by atoms with Crippen molar-refractivity contribution < 1.29 is 9.84 Å². The number of phenolic OH excluding ortho intramolecular Hbond substituents is 1. The topological polar surface area (TPSA) is 54.4 Å². The molecule has 0 aliphatic carbocycles. The van der Waals surface area contributed by atoms with E-state index >= 15 is 0 Å². The second-order valence-electron chi connectivity index (χ2n) is 4.48. The van der Waals surface area contributed by atoms with E-state index in [-0.39, 0.29) is 0 Å². The number of halogens is 1. The molecular formula is C15H17BrN2O2. The summed E-state index contributed by atoms with van der Waals surface area (Å²) in [5.74, 6) is 0.913. The van der Waals surface area contributed by atoms with E-state index < -0.39 is 0 Å². The lowest BCUT2D eigenvalue weighted by Crippen LogP contribution is -2.14. The van der Waals surface area contributed by atoms with Gasteiger partial charge in [-0.05, 0) is 36.2 Å². The number of aromatic nitrogens is 1. The number of aromatic hydroxyl groups is 1. The maximum absolute atomic E-state index is 9.90. The summed E-state index contributed by atoms with van der Waals surface area (Å²) in [5.41, 5.74) is 3.04. The highest BCUT2D eigenvalue weighted by Gasteiger charge is 2.07. The average molecular weight is 337 g/mol. The third-order valence-corrected chi connectivity index (χ3v) is 4.01. The number of hydrogen-bond acceptors (Lipinski definition) is 4. The van der Waals surface area contributed by atoms with E-state index in [1.807, 2.05) is 25.1 Å². The standard InChI is InChI=1S/C15H17BrN2O2/c1-10-12(14(19)4-3-13(10)16)9-17-8-11-5-6-18-15(7-11)20-2/h3-7,17,19H,8-9H2,1-2H3. The molecule has 0 aliphatic heterocycles. The highest BCUT2D eigenvalue weighted by atomic mass is 79.9. The normalized spacial score (nSPS) is 10.6. The Hall–Kier alpha value is -1.59. The van der Waals surface area contributed by atoms with Gasteiger partial charge in [-0.1, -0.05) is 15.9 Å². The molecule has 1 heterocycles. The number of rotatable bonds is 5. The van der Waals surface area contributed by atoms with Crippen LogP contribution in [0.15, 0.2) is 34.9 Å². The number of hydrogen-bond donors (Lipinski definition) is 2. The highest BCUT2D eigenvalue weighted by Crippen LogP contribution is 2.27. The van der Waals surface area contributed by atoms with Crippen molar-refractivity contribution in [2.24, 2.45) is 0 Å². The van der Waals surface area contributed by atoms with Crippen molar-refractivity contribution in [1.82, 2.24) is 10.3 Å². The Morgan fingerprint density at radius 2 is 2.10 bits per heavy atom. The molecule has 0 amide bonds. The van der Waals surface area contributed by atoms with E-state index in [4.69, 9.17) is 4.74 Å². The van der Waals surface area contributed by atoms with Crippen molar-refractivity contribution in [1.29, 1.82) is 0 Å². The number of methoxy groups -OCH3 is 1. The summed E-state index contributed by atoms with van der Waals surface area (Å²) in [4.78, 5) is 4.07. The molecule has 2 N–H and O–H groups in total. The molecule has 2 rings (SSSR count). The van der Waals surface area contributed by atoms with Gasteiger partial charge in [0.1, 0.15) is 5.75 Å². The summed E-state index contributed by atoms with van der Waals surface area (Å²) < 4.78 is 6.09. The molecular weight excluding hydrogens is 320 g/mol. The van der Waals surface area contributed by atoms with E-state index in [1.165, 1.54) is 0 Å². The second-order valence-corrected chi connectivity index (χ2v) is 5.33. The summed E-state index contributed by atoms with van der Waals surface area (Å²) in [6, 6.07) is 7.37. The number of nitrogens with zero attached hydrogens (tertiary/aromatic N) is 1. The Labute approximate surface area is 126 Å². The Morgan fingerprint density at radius 1 is 1.30 bits per heavy atom. The van der Waals surface area contributed by atoms with Crippen LogP contribution < -0.4 is 10.1 Å². The first-order valence-corrected chi connectivity index (χ1v) is 7.07. The van der Waals surface area contributed by atoms with Gasteiger partial charge in [0.2, 0.25) is 5.88 Å². The fourth-order valence-corrected chi connectivity index (χ4v) is 2.31. The SMILES string of the molecule is COc1cc(CNCc2c(O)ccc(Br)c2C)ccn1. The molecule has 0 atom stereocenters. The molecule has 2 aromatic rings. The molecule has 0 aliphatic rings. The van der Waals surface area contributed by atoms with Crippen LogP contribution in [0.5, 0.6) is 11.6 Å². The zero-order valence-corrected chi connectivity index (χ0v) is 13.1. The van der Waals surface area contributed by atoms with Crippen LogP contribution in [-0.2, 0) is 13.1 Å². The number of benzene rings is 1. The van der Waals surface area contributed by atoms with Crippen LogP contribution in [0.25, 0.3) is 0 Å². The maximum Gasteiger partial charge on any atom is 0.213 e. The minimum atomic E-state index is 0.311. The average Bonchev–Trinajstić information content (AvgIpc) is 2.47. The highest BCUT2D eigenvalue weighted by molar-refractivity contribution is 9.10. The largest absolute Gasteiger partial charge is 0.508 e. The van der Waals surface area contributed by atoms with Crippen LogP contribution in [0.1, 0.15) is 16.7 Å². The van der Waals surface area contributed by atoms with Crippen molar-refractivity contribution in [3.05, 3.63) is 51.6 Å². The number of ether oxygens (including phenoxy) is 1. The quantitative estimate of drug-likeness (QED) is 0.880. The third kappa shape index (κ3) is 3.49. The summed E-state index contributed by atoms with van der Waals surface area (Å²) >= 11 is 3.47. The molecule has 0 saturated carbocycles. The van der Waals surface area contributed by atoms with Gasteiger partial charge in [-0.2, -0.15) is 0 Å². The minimum absolute atomic E-state index is 0.311. The fourth-order valence-electron chi connectivity index (χ4n) is 1.94. The van der Waals surface area contributed by atoms with E-state index in [9.17, 15) is 5.11 Å². The predicted molar refractivity (Wildman–Crippen MR) is 81.9 cm³/mol. The first kappa shape index (κ1) is 14.8. The third-order valence-electron chi connectivity index (χ3n) is 3.15. The van der Waals surface area contributed by atoms with Gasteiger partial charge in [0, 0.05) is 35.4 Å². The number of phenols is 1. The van der Waals surface area contributed by atoms with E-state index in [2.05, 4.69) is 26.2 Å². The van der Waals surface area contributed by atoms with Crippen LogP contribution in [0, 0.1) is 6.92 Å². The van der Waals surface area contributed by atoms with Crippen LogP contribution >= 0.6 is 15.9 Å². The first-order chi connectivity index (χ1) is 9.61. The molecule has 0 radical (unpaired) electrons. The van der Waals surface area contributed by atoms with Crippen LogP contribution in [0.2, 0.25) is 0 Å². The molecule has 1 aromatic carbocycles. The predicted octanol–water partition coefficient (Wildman–Crippen LogP) is 3.16. The van der Waals surface area contributed by atoms with Crippen molar-refractivity contribution in [3.63, 3.8) is 0 Å². The Balaban J connectivity index is 2.01. The molecule has 0 spiro atoms. The molecule has 5 heteroatoms. The number of pyridine rings is 1. The molecule has 0 unspecified atom stereocenters. The van der Waals surface area contributed by atoms with Crippen molar-refractivity contribution >= 4 is 15.9 Å². The van der Waals surface area contributed by atoms with Crippen molar-refractivity contribution in [3.8, 4) is 11.6 Å². The van der Waals surface area contributed by atoms with Crippen molar-refractivity contribution in [2.45, 2.75) is 20.0 Å². The Bertz CT molecular complexity index is 602. The lowest BCUT2D eigenvalue weighted by atomic mass is 10.1. The monoisotopic (exact) mass is 336 g/mol. The molecule has 0 fully saturated rings. The zero-order chi connectivity index (χ0) is 14.5. The number of nitrogens with one attached hydrogen (secondary N) is 1. The van der Waals surface area contributed by atoms with Crippen LogP contribution in [0.4, 0.5) is 0 Å². The van der Waals surface area contributed by atoms with Gasteiger partial charge in [-0.3, -0.25) is 0 Å². The van der Waals surface area contributed by atoms with Crippen molar-refractivity contribution in [2.75, 3.05) is 7.11 Å². The van der Waals surface area contributed by atoms with E-state index in [0.717, 1.165) is 21.2 Å². The summed E-state index contributed by atoms with van der Waals surface area (Å²) in [7, 11) is 1.60. The van der Waals surface area contributed by atoms with Crippen LogP contribution in [0.3, 0.4) is 0 Å². The summed E-state index contributed by atoms with van der Waals surface area (Å²) in [5, 5.41) is 13.2. The van der Waals surface area contributed by atoms with Gasteiger partial charge >= 0.3 is 0 Å². The molecule has 0 bridgehead atoms. The summed E-state index contributed by atoms with van der Waals surface area (Å²) in [6.45, 7) is 3.27. The van der Waals surface area contributed by atoms with Crippen LogP contribution in [-0.4, -0.2) is 17.2 Å². The smallest absolute Gasteiger partial charge is 0.213 e. The van der Waals surface area contributed by atoms with Gasteiger partial charge < -0.3 is 15.2 Å². The van der Waals surface area contributed by atoms with E-state index in [1.54, 1.807) is 19.4 Å². The first-order valence-electron chi connectivity index (χ1n) is 6.28. The molecule has 106 valence electrons. The molecule has 0 saturated heterocycles. The maximum atomic E-state index is 9.90. The van der Waals surface area contributed by atoms with Gasteiger partial charge in [0.15, 0.2) is 0 Å². The lowest BCUT2D eigenvalue weighted by Gasteiger charge is -2.11. The molecule has 20 heavy (non-hydrogen) atoms. The van der Waals surface area contributed by atoms with Gasteiger partial charge in [0.25, 0.3) is 0 Å². The second kappa shape index (κ2) is 6.72. The Morgan fingerprint density at radius 3 is 2.85 bits per heavy atom. The van der Waals surface area contributed by atoms with Gasteiger partial charge in [0.05, 0.1) is 7.11 Å². The lowest BCUT2D eigenvalue weighted by molar-refractivity contribution is 0.397. The molecule has 1 aromatic heterocycles. The van der Waals surface area contributed by atoms with Gasteiger partial charge in [-0.25, -0.2) is 4.98 Å². The van der Waals surface area contributed by atoms with E-state index in [0.29, 0.717) is 24.7 Å². The van der Waals surface area contributed by atoms with Gasteiger partial charge in [-0.15, -0.1) is 0 Å².